The zero-order valence-corrected chi connectivity index (χ0v) is 15.2. The highest BCUT2D eigenvalue weighted by molar-refractivity contribution is 7.90. The second kappa shape index (κ2) is 6.59. The first-order chi connectivity index (χ1) is 12.2. The van der Waals surface area contributed by atoms with E-state index in [9.17, 15) is 18.0 Å². The number of carbonyl (C=O) groups is 2. The number of aromatic nitrogens is 1. The Balaban J connectivity index is 2.25. The first-order valence-corrected chi connectivity index (χ1v) is 9.80. The second-order valence-corrected chi connectivity index (χ2v) is 8.25. The third kappa shape index (κ3) is 3.36. The molecule has 3 rings (SSSR count). The van der Waals surface area contributed by atoms with Crippen LogP contribution < -0.4 is 0 Å². The highest BCUT2D eigenvalue weighted by Crippen LogP contribution is 2.27. The van der Waals surface area contributed by atoms with Crippen LogP contribution in [0.4, 0.5) is 0 Å². The van der Waals surface area contributed by atoms with Crippen molar-refractivity contribution in [2.45, 2.75) is 11.3 Å². The standard InChI is InChI=1S/C18H14ClNO5S/c1-26(24,25)16-5-3-2-4-14(16)18(23)20-10-11(8-17(21)22)13-7-6-12(19)9-15(13)20/h2-7,9-10H,8H2,1H3,(H,21,22). The predicted octanol–water partition coefficient (Wildman–Crippen LogP) is 3.01. The minimum atomic E-state index is -3.61. The van der Waals surface area contributed by atoms with E-state index in [0.29, 0.717) is 21.5 Å². The predicted molar refractivity (Wildman–Crippen MR) is 97.6 cm³/mol. The van der Waals surface area contributed by atoms with Crippen LogP contribution in [-0.4, -0.2) is 36.2 Å². The normalized spacial score (nSPS) is 11.6. The Morgan fingerprint density at radius 1 is 1.15 bits per heavy atom. The molecule has 0 spiro atoms. The van der Waals surface area contributed by atoms with Crippen molar-refractivity contribution in [3.05, 3.63) is 64.8 Å². The van der Waals surface area contributed by atoms with E-state index >= 15 is 0 Å². The van der Waals surface area contributed by atoms with Crippen LogP contribution in [0.5, 0.6) is 0 Å². The van der Waals surface area contributed by atoms with Crippen molar-refractivity contribution >= 4 is 44.2 Å². The molecule has 2 aromatic carbocycles. The Kier molecular flexibility index (Phi) is 4.60. The first-order valence-electron chi connectivity index (χ1n) is 7.53. The fourth-order valence-corrected chi connectivity index (χ4v) is 3.89. The van der Waals surface area contributed by atoms with Crippen molar-refractivity contribution in [1.82, 2.24) is 4.57 Å². The summed E-state index contributed by atoms with van der Waals surface area (Å²) < 4.78 is 25.2. The molecule has 1 aromatic heterocycles. The molecule has 0 radical (unpaired) electrons. The van der Waals surface area contributed by atoms with Gasteiger partial charge in [-0.25, -0.2) is 8.42 Å². The van der Waals surface area contributed by atoms with Crippen molar-refractivity contribution in [2.24, 2.45) is 0 Å². The molecule has 0 aliphatic carbocycles. The Labute approximate surface area is 154 Å². The molecule has 3 aromatic rings. The van der Waals surface area contributed by atoms with Gasteiger partial charge in [-0.3, -0.25) is 14.2 Å². The minimum absolute atomic E-state index is 0.00810. The van der Waals surface area contributed by atoms with Gasteiger partial charge in [-0.05, 0) is 29.8 Å². The number of carbonyl (C=O) groups excluding carboxylic acids is 1. The van der Waals surface area contributed by atoms with Crippen molar-refractivity contribution in [2.75, 3.05) is 6.26 Å². The molecule has 0 fully saturated rings. The summed E-state index contributed by atoms with van der Waals surface area (Å²) in [5, 5.41) is 10.0. The smallest absolute Gasteiger partial charge is 0.307 e. The summed E-state index contributed by atoms with van der Waals surface area (Å²) in [5.41, 5.74) is 0.866. The number of rotatable bonds is 4. The summed E-state index contributed by atoms with van der Waals surface area (Å²) in [6.45, 7) is 0. The molecule has 134 valence electrons. The molecular formula is C18H14ClNO5S. The summed E-state index contributed by atoms with van der Waals surface area (Å²) >= 11 is 6.02. The zero-order valence-electron chi connectivity index (χ0n) is 13.6. The monoisotopic (exact) mass is 391 g/mol. The van der Waals surface area contributed by atoms with Gasteiger partial charge in [0, 0.05) is 22.9 Å². The van der Waals surface area contributed by atoms with Gasteiger partial charge in [0.05, 0.1) is 22.4 Å². The van der Waals surface area contributed by atoms with Gasteiger partial charge < -0.3 is 5.11 Å². The van der Waals surface area contributed by atoms with Crippen molar-refractivity contribution in [3.8, 4) is 0 Å². The average Bonchev–Trinajstić information content (AvgIpc) is 2.90. The lowest BCUT2D eigenvalue weighted by Gasteiger charge is -2.09. The summed E-state index contributed by atoms with van der Waals surface area (Å²) in [6.07, 6.45) is 2.17. The van der Waals surface area contributed by atoms with E-state index in [1.54, 1.807) is 24.3 Å². The molecule has 1 N–H and O–H groups in total. The summed E-state index contributed by atoms with van der Waals surface area (Å²) in [6, 6.07) is 10.7. The van der Waals surface area contributed by atoms with Crippen LogP contribution in [0.1, 0.15) is 15.9 Å². The molecular weight excluding hydrogens is 378 g/mol. The van der Waals surface area contributed by atoms with Crippen LogP contribution in [0.25, 0.3) is 10.9 Å². The number of hydrogen-bond donors (Lipinski definition) is 1. The van der Waals surface area contributed by atoms with Gasteiger partial charge in [0.2, 0.25) is 0 Å². The van der Waals surface area contributed by atoms with Crippen molar-refractivity contribution < 1.29 is 23.1 Å². The number of hydrogen-bond acceptors (Lipinski definition) is 4. The minimum Gasteiger partial charge on any atom is -0.481 e. The average molecular weight is 392 g/mol. The summed E-state index contributed by atoms with van der Waals surface area (Å²) in [7, 11) is -3.61. The number of carboxylic acids is 1. The maximum atomic E-state index is 13.0. The Bertz CT molecular complexity index is 1150. The Hall–Kier alpha value is -2.64. The Morgan fingerprint density at radius 3 is 2.50 bits per heavy atom. The lowest BCUT2D eigenvalue weighted by molar-refractivity contribution is -0.136. The maximum Gasteiger partial charge on any atom is 0.307 e. The van der Waals surface area contributed by atoms with Crippen LogP contribution in [0.3, 0.4) is 0 Å². The number of sulfone groups is 1. The van der Waals surface area contributed by atoms with Crippen molar-refractivity contribution in [3.63, 3.8) is 0 Å². The highest BCUT2D eigenvalue weighted by atomic mass is 35.5. The van der Waals surface area contributed by atoms with Crippen LogP contribution >= 0.6 is 11.6 Å². The number of aliphatic carboxylic acids is 1. The van der Waals surface area contributed by atoms with Crippen LogP contribution in [0.15, 0.2) is 53.6 Å². The largest absolute Gasteiger partial charge is 0.481 e. The van der Waals surface area contributed by atoms with Gasteiger partial charge in [-0.1, -0.05) is 29.8 Å². The van der Waals surface area contributed by atoms with Crippen LogP contribution in [0, 0.1) is 0 Å². The van der Waals surface area contributed by atoms with Gasteiger partial charge in [0.15, 0.2) is 9.84 Å². The fraction of sp³-hybridized carbons (Fsp3) is 0.111. The summed E-state index contributed by atoms with van der Waals surface area (Å²) in [4.78, 5) is 24.1. The summed E-state index contributed by atoms with van der Waals surface area (Å²) in [5.74, 6) is -1.61. The van der Waals surface area contributed by atoms with Crippen LogP contribution in [-0.2, 0) is 21.1 Å². The lowest BCUT2D eigenvalue weighted by Crippen LogP contribution is -2.15. The fourth-order valence-electron chi connectivity index (χ4n) is 2.84. The second-order valence-electron chi connectivity index (χ2n) is 5.83. The first kappa shape index (κ1) is 18.2. The topological polar surface area (TPSA) is 93.4 Å². The molecule has 0 bridgehead atoms. The molecule has 0 atom stereocenters. The highest BCUT2D eigenvalue weighted by Gasteiger charge is 2.22. The SMILES string of the molecule is CS(=O)(=O)c1ccccc1C(=O)n1cc(CC(=O)O)c2ccc(Cl)cc21. The van der Waals surface area contributed by atoms with Crippen molar-refractivity contribution in [1.29, 1.82) is 0 Å². The number of halogens is 1. The molecule has 1 heterocycles. The molecule has 0 unspecified atom stereocenters. The third-order valence-corrected chi connectivity index (χ3v) is 5.32. The number of nitrogens with zero attached hydrogens (tertiary/aromatic N) is 1. The molecule has 0 aliphatic rings. The molecule has 0 amide bonds. The van der Waals surface area contributed by atoms with Gasteiger partial charge in [0.25, 0.3) is 5.91 Å². The van der Waals surface area contributed by atoms with E-state index in [1.807, 2.05) is 0 Å². The maximum absolute atomic E-state index is 13.0. The molecule has 6 nitrogen and oxygen atoms in total. The van der Waals surface area contributed by atoms with E-state index in [2.05, 4.69) is 0 Å². The van der Waals surface area contributed by atoms with Gasteiger partial charge in [0.1, 0.15) is 0 Å². The molecule has 26 heavy (non-hydrogen) atoms. The number of benzene rings is 2. The van der Waals surface area contributed by atoms with E-state index in [4.69, 9.17) is 16.7 Å². The Morgan fingerprint density at radius 2 is 1.85 bits per heavy atom. The van der Waals surface area contributed by atoms with Gasteiger partial charge in [-0.15, -0.1) is 0 Å². The van der Waals surface area contributed by atoms with Crippen LogP contribution in [0.2, 0.25) is 5.02 Å². The molecule has 8 heteroatoms. The molecule has 0 saturated carbocycles. The van der Waals surface area contributed by atoms with E-state index in [1.165, 1.54) is 29.0 Å². The number of carboxylic acid groups (broad SMARTS) is 1. The van der Waals surface area contributed by atoms with E-state index < -0.39 is 21.7 Å². The molecule has 0 aliphatic heterocycles. The van der Waals surface area contributed by atoms with Gasteiger partial charge >= 0.3 is 5.97 Å². The van der Waals surface area contributed by atoms with E-state index in [0.717, 1.165) is 6.26 Å². The number of fused-ring (bicyclic) bond motifs is 1. The van der Waals surface area contributed by atoms with Gasteiger partial charge in [-0.2, -0.15) is 0 Å². The third-order valence-electron chi connectivity index (χ3n) is 3.93. The zero-order chi connectivity index (χ0) is 19.1. The molecule has 0 saturated heterocycles. The lowest BCUT2D eigenvalue weighted by atomic mass is 10.1. The van der Waals surface area contributed by atoms with E-state index in [-0.39, 0.29) is 16.9 Å². The quantitative estimate of drug-likeness (QED) is 0.737.